The van der Waals surface area contributed by atoms with Gasteiger partial charge in [0.1, 0.15) is 11.2 Å². The molecule has 1 aliphatic rings. The molecule has 0 N–H and O–H groups in total. The highest BCUT2D eigenvalue weighted by molar-refractivity contribution is 6.06. The van der Waals surface area contributed by atoms with Crippen LogP contribution in [0.1, 0.15) is 22.3 Å². The maximum atomic E-state index is 6.17. The van der Waals surface area contributed by atoms with E-state index in [0.717, 1.165) is 50.1 Å². The standard InChI is InChI=1S/C67H45NO/c1-4-16-46(17-5-1)50-18-14-19-51(44-50)47-30-37-55(38-31-47)68(56-39-32-48(33-40-56)52-36-43-65-61(45-52)59-24-11-13-29-64(59)69-65)57-41-34-49(35-42-57)58-26-15-28-63-66(58)60-25-10-12-27-62(60)67(63,53-20-6-2-7-21-53)54-22-8-3-9-23-54/h1-45H. The molecule has 2 heteroatoms. The summed E-state index contributed by atoms with van der Waals surface area (Å²) in [5.74, 6) is 0. The molecular weight excluding hydrogens is 835 g/mol. The summed E-state index contributed by atoms with van der Waals surface area (Å²) in [6.07, 6.45) is 0. The molecule has 2 nitrogen and oxygen atoms in total. The SMILES string of the molecule is c1ccc(-c2cccc(-c3ccc(N(c4ccc(-c5ccc6oc7ccccc7c6c5)cc4)c4ccc(-c5cccc6c5-c5ccccc5C6(c5ccccc5)c5ccccc5)cc4)cc3)c2)cc1. The van der Waals surface area contributed by atoms with Crippen LogP contribution in [-0.2, 0) is 5.41 Å². The number of fused-ring (bicyclic) bond motifs is 6. The molecule has 1 aromatic heterocycles. The summed E-state index contributed by atoms with van der Waals surface area (Å²) in [5.41, 5.74) is 21.8. The smallest absolute Gasteiger partial charge is 0.135 e. The van der Waals surface area contributed by atoms with Gasteiger partial charge in [-0.05, 0) is 139 Å². The zero-order chi connectivity index (χ0) is 45.7. The lowest BCUT2D eigenvalue weighted by atomic mass is 9.67. The first-order valence-corrected chi connectivity index (χ1v) is 23.7. The molecule has 0 spiro atoms. The molecule has 1 aliphatic carbocycles. The van der Waals surface area contributed by atoms with Gasteiger partial charge in [0.25, 0.3) is 0 Å². The molecule has 0 radical (unpaired) electrons. The van der Waals surface area contributed by atoms with Gasteiger partial charge in [0, 0.05) is 27.8 Å². The number of hydrogen-bond donors (Lipinski definition) is 0. The van der Waals surface area contributed by atoms with E-state index in [1.54, 1.807) is 0 Å². The summed E-state index contributed by atoms with van der Waals surface area (Å²) in [6.45, 7) is 0. The number of furan rings is 1. The maximum Gasteiger partial charge on any atom is 0.135 e. The number of rotatable bonds is 9. The van der Waals surface area contributed by atoms with Crippen LogP contribution < -0.4 is 4.90 Å². The molecule has 0 saturated carbocycles. The lowest BCUT2D eigenvalue weighted by molar-refractivity contribution is 0.669. The van der Waals surface area contributed by atoms with Crippen LogP contribution in [0.4, 0.5) is 17.1 Å². The zero-order valence-corrected chi connectivity index (χ0v) is 37.8. The molecule has 0 unspecified atom stereocenters. The second-order valence-corrected chi connectivity index (χ2v) is 18.0. The fourth-order valence-electron chi connectivity index (χ4n) is 11.0. The molecule has 0 fully saturated rings. The van der Waals surface area contributed by atoms with E-state index in [-0.39, 0.29) is 0 Å². The molecule has 0 bridgehead atoms. The van der Waals surface area contributed by atoms with Crippen molar-refractivity contribution in [2.24, 2.45) is 0 Å². The van der Waals surface area contributed by atoms with Crippen molar-refractivity contribution < 1.29 is 4.42 Å². The van der Waals surface area contributed by atoms with Crippen molar-refractivity contribution in [3.63, 3.8) is 0 Å². The van der Waals surface area contributed by atoms with E-state index in [2.05, 4.69) is 266 Å². The van der Waals surface area contributed by atoms with Crippen molar-refractivity contribution in [3.05, 3.63) is 295 Å². The van der Waals surface area contributed by atoms with Gasteiger partial charge in [-0.15, -0.1) is 0 Å². The van der Waals surface area contributed by atoms with Crippen molar-refractivity contribution >= 4 is 39.0 Å². The van der Waals surface area contributed by atoms with Gasteiger partial charge in [-0.1, -0.05) is 212 Å². The predicted octanol–water partition coefficient (Wildman–Crippen LogP) is 18.1. The molecule has 0 aliphatic heterocycles. The minimum Gasteiger partial charge on any atom is -0.456 e. The fraction of sp³-hybridized carbons (Fsp3) is 0.0149. The van der Waals surface area contributed by atoms with Gasteiger partial charge >= 0.3 is 0 Å². The number of anilines is 3. The molecule has 1 heterocycles. The fourth-order valence-corrected chi connectivity index (χ4v) is 11.0. The Morgan fingerprint density at radius 1 is 0.275 bits per heavy atom. The van der Waals surface area contributed by atoms with Gasteiger partial charge in [-0.2, -0.15) is 0 Å². The largest absolute Gasteiger partial charge is 0.456 e. The Balaban J connectivity index is 0.908. The number of benzene rings is 11. The average molecular weight is 880 g/mol. The molecule has 13 rings (SSSR count). The van der Waals surface area contributed by atoms with Gasteiger partial charge in [-0.3, -0.25) is 0 Å². The first-order valence-electron chi connectivity index (χ1n) is 23.7. The molecule has 0 amide bonds. The van der Waals surface area contributed by atoms with Crippen LogP contribution in [0, 0.1) is 0 Å². The lowest BCUT2D eigenvalue weighted by Crippen LogP contribution is -2.28. The highest BCUT2D eigenvalue weighted by Crippen LogP contribution is 2.58. The van der Waals surface area contributed by atoms with E-state index in [4.69, 9.17) is 4.42 Å². The van der Waals surface area contributed by atoms with Crippen molar-refractivity contribution in [3.8, 4) is 55.6 Å². The predicted molar refractivity (Wildman–Crippen MR) is 287 cm³/mol. The van der Waals surface area contributed by atoms with E-state index in [1.165, 1.54) is 66.8 Å². The summed E-state index contributed by atoms with van der Waals surface area (Å²) in [4.78, 5) is 2.37. The van der Waals surface area contributed by atoms with E-state index >= 15 is 0 Å². The summed E-state index contributed by atoms with van der Waals surface area (Å²) < 4.78 is 6.17. The molecule has 11 aromatic carbocycles. The second-order valence-electron chi connectivity index (χ2n) is 18.0. The number of hydrogen-bond acceptors (Lipinski definition) is 2. The van der Waals surface area contributed by atoms with Crippen molar-refractivity contribution in [2.45, 2.75) is 5.41 Å². The van der Waals surface area contributed by atoms with E-state index < -0.39 is 5.41 Å². The Hall–Kier alpha value is -8.98. The third-order valence-corrected chi connectivity index (χ3v) is 14.2. The normalized spacial score (nSPS) is 12.5. The average Bonchev–Trinajstić information content (AvgIpc) is 3.96. The molecule has 0 saturated heterocycles. The topological polar surface area (TPSA) is 16.4 Å². The Kier molecular flexibility index (Phi) is 9.77. The summed E-state index contributed by atoms with van der Waals surface area (Å²) >= 11 is 0. The Morgan fingerprint density at radius 3 is 1.35 bits per heavy atom. The van der Waals surface area contributed by atoms with E-state index in [1.807, 2.05) is 12.1 Å². The Bertz CT molecular complexity index is 3760. The van der Waals surface area contributed by atoms with E-state index in [9.17, 15) is 0 Å². The van der Waals surface area contributed by atoms with Crippen LogP contribution >= 0.6 is 0 Å². The molecular formula is C67H45NO. The molecule has 0 atom stereocenters. The summed E-state index contributed by atoms with van der Waals surface area (Å²) in [5, 5.41) is 2.26. The Morgan fingerprint density at radius 2 is 0.710 bits per heavy atom. The van der Waals surface area contributed by atoms with Crippen LogP contribution in [0.2, 0.25) is 0 Å². The van der Waals surface area contributed by atoms with Crippen molar-refractivity contribution in [1.82, 2.24) is 0 Å². The first kappa shape index (κ1) is 40.3. The third-order valence-electron chi connectivity index (χ3n) is 14.2. The second kappa shape index (κ2) is 16.7. The van der Waals surface area contributed by atoms with Crippen molar-refractivity contribution in [1.29, 1.82) is 0 Å². The van der Waals surface area contributed by atoms with Crippen LogP contribution in [0.5, 0.6) is 0 Å². The maximum absolute atomic E-state index is 6.17. The monoisotopic (exact) mass is 879 g/mol. The van der Waals surface area contributed by atoms with Crippen LogP contribution in [0.25, 0.3) is 77.6 Å². The third kappa shape index (κ3) is 6.80. The molecule has 324 valence electrons. The molecule has 69 heavy (non-hydrogen) atoms. The molecule has 12 aromatic rings. The van der Waals surface area contributed by atoms with Gasteiger partial charge in [0.05, 0.1) is 5.41 Å². The van der Waals surface area contributed by atoms with E-state index in [0.29, 0.717) is 0 Å². The quantitative estimate of drug-likeness (QED) is 0.144. The first-order chi connectivity index (χ1) is 34.2. The van der Waals surface area contributed by atoms with Crippen LogP contribution in [-0.4, -0.2) is 0 Å². The van der Waals surface area contributed by atoms with Crippen molar-refractivity contribution in [2.75, 3.05) is 4.90 Å². The van der Waals surface area contributed by atoms with Gasteiger partial charge in [-0.25, -0.2) is 0 Å². The summed E-state index contributed by atoms with van der Waals surface area (Å²) in [7, 11) is 0. The Labute approximate surface area is 402 Å². The zero-order valence-electron chi connectivity index (χ0n) is 37.8. The minimum absolute atomic E-state index is 0.458. The highest BCUT2D eigenvalue weighted by Gasteiger charge is 2.46. The van der Waals surface area contributed by atoms with Gasteiger partial charge in [0.15, 0.2) is 0 Å². The van der Waals surface area contributed by atoms with Gasteiger partial charge in [0.2, 0.25) is 0 Å². The number of para-hydroxylation sites is 1. The minimum atomic E-state index is -0.458. The number of nitrogens with zero attached hydrogens (tertiary/aromatic N) is 1. The van der Waals surface area contributed by atoms with Crippen LogP contribution in [0.15, 0.2) is 277 Å². The summed E-state index contributed by atoms with van der Waals surface area (Å²) in [6, 6.07) is 99.2. The van der Waals surface area contributed by atoms with Gasteiger partial charge < -0.3 is 9.32 Å². The lowest BCUT2D eigenvalue weighted by Gasteiger charge is -2.34. The van der Waals surface area contributed by atoms with Crippen LogP contribution in [0.3, 0.4) is 0 Å². The highest BCUT2D eigenvalue weighted by atomic mass is 16.3.